The molecule has 0 radical (unpaired) electrons. The average molecular weight is 375 g/mol. The highest BCUT2D eigenvalue weighted by molar-refractivity contribution is 6.11. The molecule has 0 saturated heterocycles. The van der Waals surface area contributed by atoms with Gasteiger partial charge < -0.3 is 14.8 Å². The molecule has 1 aromatic heterocycles. The Morgan fingerprint density at radius 2 is 1.71 bits per heavy atom. The SMILES string of the molecule is COc1cc(NC2c3ccccc3C(=O)N2c2cc(C)ccn2)cc(OC)c1. The molecule has 2 aromatic carbocycles. The molecule has 3 aromatic rings. The van der Waals surface area contributed by atoms with E-state index in [1.165, 1.54) is 0 Å². The zero-order valence-electron chi connectivity index (χ0n) is 16.0. The van der Waals surface area contributed by atoms with Crippen LogP contribution in [0.25, 0.3) is 0 Å². The predicted octanol–water partition coefficient (Wildman–Crippen LogP) is 4.18. The lowest BCUT2D eigenvalue weighted by molar-refractivity contribution is 0.0992. The van der Waals surface area contributed by atoms with Crippen LogP contribution in [0.15, 0.2) is 60.8 Å². The number of rotatable bonds is 5. The van der Waals surface area contributed by atoms with Gasteiger partial charge in [0, 0.05) is 41.2 Å². The van der Waals surface area contributed by atoms with Crippen LogP contribution in [-0.2, 0) is 0 Å². The number of amides is 1. The van der Waals surface area contributed by atoms with Crippen LogP contribution in [-0.4, -0.2) is 25.1 Å². The zero-order chi connectivity index (χ0) is 19.7. The van der Waals surface area contributed by atoms with E-state index in [0.29, 0.717) is 22.9 Å². The first-order valence-corrected chi connectivity index (χ1v) is 8.95. The number of aromatic nitrogens is 1. The number of benzene rings is 2. The van der Waals surface area contributed by atoms with Gasteiger partial charge in [0.2, 0.25) is 0 Å². The van der Waals surface area contributed by atoms with Gasteiger partial charge >= 0.3 is 0 Å². The molecule has 1 N–H and O–H groups in total. The fourth-order valence-corrected chi connectivity index (χ4v) is 3.40. The number of pyridine rings is 1. The maximum Gasteiger partial charge on any atom is 0.261 e. The molecule has 6 nitrogen and oxygen atoms in total. The maximum atomic E-state index is 13.2. The van der Waals surface area contributed by atoms with Crippen LogP contribution in [0, 0.1) is 6.92 Å². The summed E-state index contributed by atoms with van der Waals surface area (Å²) >= 11 is 0. The lowest BCUT2D eigenvalue weighted by Crippen LogP contribution is -2.33. The van der Waals surface area contributed by atoms with Gasteiger partial charge in [0.05, 0.1) is 14.2 Å². The van der Waals surface area contributed by atoms with E-state index in [9.17, 15) is 4.79 Å². The second kappa shape index (κ2) is 7.23. The number of carbonyl (C=O) groups is 1. The summed E-state index contributed by atoms with van der Waals surface area (Å²) in [4.78, 5) is 19.3. The second-order valence-corrected chi connectivity index (χ2v) is 6.60. The van der Waals surface area contributed by atoms with Gasteiger partial charge in [-0.15, -0.1) is 0 Å². The number of fused-ring (bicyclic) bond motifs is 1. The molecule has 1 unspecified atom stereocenters. The van der Waals surface area contributed by atoms with E-state index in [4.69, 9.17) is 9.47 Å². The minimum absolute atomic E-state index is 0.0824. The minimum atomic E-state index is -0.394. The van der Waals surface area contributed by atoms with Crippen molar-refractivity contribution >= 4 is 17.4 Å². The van der Waals surface area contributed by atoms with Crippen molar-refractivity contribution in [2.24, 2.45) is 0 Å². The van der Waals surface area contributed by atoms with Gasteiger partial charge in [-0.1, -0.05) is 18.2 Å². The Bertz CT molecular complexity index is 1010. The van der Waals surface area contributed by atoms with Gasteiger partial charge in [-0.05, 0) is 30.7 Å². The fraction of sp³-hybridized carbons (Fsp3) is 0.182. The molecule has 4 rings (SSSR count). The van der Waals surface area contributed by atoms with Crippen LogP contribution in [0.1, 0.15) is 27.7 Å². The molecule has 28 heavy (non-hydrogen) atoms. The molecule has 1 aliphatic rings. The Labute approximate surface area is 163 Å². The van der Waals surface area contributed by atoms with Gasteiger partial charge in [0.1, 0.15) is 23.5 Å². The third kappa shape index (κ3) is 3.13. The predicted molar refractivity (Wildman–Crippen MR) is 108 cm³/mol. The van der Waals surface area contributed by atoms with Crippen LogP contribution < -0.4 is 19.7 Å². The number of nitrogens with one attached hydrogen (secondary N) is 1. The van der Waals surface area contributed by atoms with Crippen molar-refractivity contribution in [2.75, 3.05) is 24.4 Å². The summed E-state index contributed by atoms with van der Waals surface area (Å²) in [5.41, 5.74) is 3.38. The molecule has 0 bridgehead atoms. The van der Waals surface area contributed by atoms with Crippen LogP contribution in [0.2, 0.25) is 0 Å². The van der Waals surface area contributed by atoms with E-state index in [1.54, 1.807) is 31.4 Å². The van der Waals surface area contributed by atoms with Gasteiger partial charge in [-0.2, -0.15) is 0 Å². The van der Waals surface area contributed by atoms with Crippen molar-refractivity contribution in [1.82, 2.24) is 4.98 Å². The van der Waals surface area contributed by atoms with Gasteiger partial charge in [-0.3, -0.25) is 9.69 Å². The van der Waals surface area contributed by atoms with E-state index >= 15 is 0 Å². The van der Waals surface area contributed by atoms with Crippen molar-refractivity contribution in [3.05, 3.63) is 77.5 Å². The van der Waals surface area contributed by atoms with E-state index in [1.807, 2.05) is 55.5 Å². The largest absolute Gasteiger partial charge is 0.497 e. The van der Waals surface area contributed by atoms with Gasteiger partial charge in [-0.25, -0.2) is 4.98 Å². The quantitative estimate of drug-likeness (QED) is 0.725. The molecule has 0 aliphatic carbocycles. The summed E-state index contributed by atoms with van der Waals surface area (Å²) in [6.07, 6.45) is 1.32. The molecule has 0 saturated carbocycles. The first-order valence-electron chi connectivity index (χ1n) is 8.95. The first kappa shape index (κ1) is 17.9. The molecule has 1 amide bonds. The normalized spacial score (nSPS) is 15.3. The topological polar surface area (TPSA) is 63.7 Å². The minimum Gasteiger partial charge on any atom is -0.497 e. The summed E-state index contributed by atoms with van der Waals surface area (Å²) in [5, 5.41) is 3.45. The highest BCUT2D eigenvalue weighted by Crippen LogP contribution is 2.38. The van der Waals surface area contributed by atoms with Crippen molar-refractivity contribution in [3.8, 4) is 11.5 Å². The number of aryl methyl sites for hydroxylation is 1. The van der Waals surface area contributed by atoms with E-state index in [2.05, 4.69) is 10.3 Å². The molecule has 1 atom stereocenters. The number of hydrogen-bond acceptors (Lipinski definition) is 5. The van der Waals surface area contributed by atoms with Crippen LogP contribution in [0.5, 0.6) is 11.5 Å². The molecule has 142 valence electrons. The maximum absolute atomic E-state index is 13.2. The Hall–Kier alpha value is -3.54. The Balaban J connectivity index is 1.79. The molecule has 6 heteroatoms. The number of ether oxygens (including phenoxy) is 2. The Morgan fingerprint density at radius 3 is 2.39 bits per heavy atom. The summed E-state index contributed by atoms with van der Waals surface area (Å²) < 4.78 is 10.7. The van der Waals surface area contributed by atoms with Crippen molar-refractivity contribution in [1.29, 1.82) is 0 Å². The summed E-state index contributed by atoms with van der Waals surface area (Å²) in [5.74, 6) is 1.86. The highest BCUT2D eigenvalue weighted by atomic mass is 16.5. The lowest BCUT2D eigenvalue weighted by Gasteiger charge is -2.26. The third-order valence-electron chi connectivity index (χ3n) is 4.77. The van der Waals surface area contributed by atoms with E-state index in [0.717, 1.165) is 16.8 Å². The molecule has 0 fully saturated rings. The third-order valence-corrected chi connectivity index (χ3v) is 4.77. The molecule has 2 heterocycles. The second-order valence-electron chi connectivity index (χ2n) is 6.60. The van der Waals surface area contributed by atoms with Crippen LogP contribution in [0.3, 0.4) is 0 Å². The van der Waals surface area contributed by atoms with Gasteiger partial charge in [0.25, 0.3) is 5.91 Å². The Kier molecular flexibility index (Phi) is 4.61. The molecule has 0 spiro atoms. The number of methoxy groups -OCH3 is 2. The summed E-state index contributed by atoms with van der Waals surface area (Å²) in [6, 6.07) is 17.0. The van der Waals surface area contributed by atoms with Crippen molar-refractivity contribution in [3.63, 3.8) is 0 Å². The van der Waals surface area contributed by atoms with Crippen LogP contribution in [0.4, 0.5) is 11.5 Å². The van der Waals surface area contributed by atoms with Gasteiger partial charge in [0.15, 0.2) is 0 Å². The lowest BCUT2D eigenvalue weighted by atomic mass is 10.1. The fourth-order valence-electron chi connectivity index (χ4n) is 3.40. The van der Waals surface area contributed by atoms with Crippen molar-refractivity contribution in [2.45, 2.75) is 13.1 Å². The average Bonchev–Trinajstić information content (AvgIpc) is 2.99. The molecular formula is C22H21N3O3. The summed E-state index contributed by atoms with van der Waals surface area (Å²) in [7, 11) is 3.21. The zero-order valence-corrected chi connectivity index (χ0v) is 16.0. The number of nitrogens with zero attached hydrogens (tertiary/aromatic N) is 2. The summed E-state index contributed by atoms with van der Waals surface area (Å²) in [6.45, 7) is 1.98. The smallest absolute Gasteiger partial charge is 0.261 e. The number of anilines is 2. The van der Waals surface area contributed by atoms with E-state index in [-0.39, 0.29) is 5.91 Å². The van der Waals surface area contributed by atoms with Crippen LogP contribution >= 0.6 is 0 Å². The first-order chi connectivity index (χ1) is 13.6. The Morgan fingerprint density at radius 1 is 1.00 bits per heavy atom. The number of carbonyl (C=O) groups excluding carboxylic acids is 1. The van der Waals surface area contributed by atoms with Crippen molar-refractivity contribution < 1.29 is 14.3 Å². The standard InChI is InChI=1S/C22H21N3O3/c1-14-8-9-23-20(10-14)25-21(18-6-4-5-7-19(18)22(25)26)24-15-11-16(27-2)13-17(12-15)28-3/h4-13,21,24H,1-3H3. The highest BCUT2D eigenvalue weighted by Gasteiger charge is 2.38. The molecule has 1 aliphatic heterocycles. The molecular weight excluding hydrogens is 354 g/mol. The monoisotopic (exact) mass is 375 g/mol. The number of hydrogen-bond donors (Lipinski definition) is 1. The van der Waals surface area contributed by atoms with E-state index < -0.39 is 6.17 Å².